The van der Waals surface area contributed by atoms with Crippen molar-refractivity contribution in [2.45, 2.75) is 58.0 Å². The van der Waals surface area contributed by atoms with E-state index < -0.39 is 17.4 Å². The fourth-order valence-corrected chi connectivity index (χ4v) is 3.70. The second-order valence-corrected chi connectivity index (χ2v) is 6.61. The largest absolute Gasteiger partial charge is 0.463 e. The molecule has 5 nitrogen and oxygen atoms in total. The van der Waals surface area contributed by atoms with E-state index in [1.807, 2.05) is 37.8 Å². The van der Waals surface area contributed by atoms with Gasteiger partial charge in [0.2, 0.25) is 5.91 Å². The van der Waals surface area contributed by atoms with Crippen molar-refractivity contribution in [2.75, 3.05) is 6.54 Å². The summed E-state index contributed by atoms with van der Waals surface area (Å²) in [5.74, 6) is -1.21. The molecule has 116 valence electrons. The Kier molecular flexibility index (Phi) is 3.35. The van der Waals surface area contributed by atoms with Gasteiger partial charge >= 0.3 is 5.97 Å². The number of hydrogen-bond acceptors (Lipinski definition) is 4. The van der Waals surface area contributed by atoms with E-state index in [1.165, 1.54) is 0 Å². The van der Waals surface area contributed by atoms with E-state index in [2.05, 4.69) is 6.92 Å². The summed E-state index contributed by atoms with van der Waals surface area (Å²) < 4.78 is 11.4. The Bertz CT molecular complexity index is 501. The van der Waals surface area contributed by atoms with E-state index in [4.69, 9.17) is 9.47 Å². The van der Waals surface area contributed by atoms with Crippen molar-refractivity contribution in [2.24, 2.45) is 11.8 Å². The highest BCUT2D eigenvalue weighted by atomic mass is 16.6. The van der Waals surface area contributed by atoms with Gasteiger partial charge in [-0.15, -0.1) is 0 Å². The molecular weight excluding hydrogens is 270 g/mol. The Morgan fingerprint density at radius 2 is 2.24 bits per heavy atom. The molecule has 3 aliphatic rings. The third kappa shape index (κ3) is 2.01. The highest BCUT2D eigenvalue weighted by Crippen LogP contribution is 2.52. The fourth-order valence-electron chi connectivity index (χ4n) is 3.70. The van der Waals surface area contributed by atoms with Crippen molar-refractivity contribution in [1.29, 1.82) is 0 Å². The van der Waals surface area contributed by atoms with Crippen molar-refractivity contribution in [3.63, 3.8) is 0 Å². The van der Waals surface area contributed by atoms with Crippen molar-refractivity contribution in [1.82, 2.24) is 4.90 Å². The molecule has 5 atom stereocenters. The Labute approximate surface area is 125 Å². The molecule has 2 bridgehead atoms. The molecular formula is C16H23NO4. The highest BCUT2D eigenvalue weighted by Gasteiger charge is 2.67. The van der Waals surface area contributed by atoms with Crippen LogP contribution in [0, 0.1) is 11.8 Å². The lowest BCUT2D eigenvalue weighted by atomic mass is 9.77. The molecule has 3 rings (SSSR count). The molecule has 0 aromatic heterocycles. The van der Waals surface area contributed by atoms with Gasteiger partial charge in [0.05, 0.1) is 24.7 Å². The van der Waals surface area contributed by atoms with Crippen LogP contribution in [0.4, 0.5) is 0 Å². The second kappa shape index (κ2) is 4.83. The molecule has 1 amide bonds. The molecule has 0 aromatic rings. The monoisotopic (exact) mass is 293 g/mol. The summed E-state index contributed by atoms with van der Waals surface area (Å²) in [7, 11) is 0. The van der Waals surface area contributed by atoms with Crippen LogP contribution in [-0.4, -0.2) is 47.2 Å². The first-order chi connectivity index (χ1) is 9.89. The first kappa shape index (κ1) is 14.6. The molecule has 3 aliphatic heterocycles. The zero-order chi connectivity index (χ0) is 15.4. The van der Waals surface area contributed by atoms with Crippen molar-refractivity contribution in [3.8, 4) is 0 Å². The smallest absolute Gasteiger partial charge is 0.313 e. The third-order valence-electron chi connectivity index (χ3n) is 4.88. The third-order valence-corrected chi connectivity index (χ3v) is 4.88. The summed E-state index contributed by atoms with van der Waals surface area (Å²) in [5.41, 5.74) is -0.619. The van der Waals surface area contributed by atoms with Crippen LogP contribution in [0.3, 0.4) is 0 Å². The van der Waals surface area contributed by atoms with Gasteiger partial charge in [0, 0.05) is 6.04 Å². The topological polar surface area (TPSA) is 55.8 Å². The minimum Gasteiger partial charge on any atom is -0.463 e. The minimum absolute atomic E-state index is 0.0295. The van der Waals surface area contributed by atoms with Crippen LogP contribution < -0.4 is 0 Å². The standard InChI is InChI=1S/C16H23NO4/c1-5-10(4)17-8-16-7-6-11(21-16)12(13(16)14(17)18)15(19)20-9(2)3/h6-7,9-13H,5,8H2,1-4H3/t10?,11-,12?,13+,16-/m1/s1. The van der Waals surface area contributed by atoms with Crippen LogP contribution in [0.2, 0.25) is 0 Å². The van der Waals surface area contributed by atoms with Crippen LogP contribution >= 0.6 is 0 Å². The number of esters is 1. The highest BCUT2D eigenvalue weighted by molar-refractivity contribution is 5.91. The number of fused-ring (bicyclic) bond motifs is 1. The van der Waals surface area contributed by atoms with E-state index in [1.54, 1.807) is 0 Å². The van der Waals surface area contributed by atoms with Gasteiger partial charge < -0.3 is 14.4 Å². The van der Waals surface area contributed by atoms with E-state index in [0.29, 0.717) is 6.54 Å². The van der Waals surface area contributed by atoms with E-state index in [0.717, 1.165) is 6.42 Å². The second-order valence-electron chi connectivity index (χ2n) is 6.61. The van der Waals surface area contributed by atoms with E-state index >= 15 is 0 Å². The number of hydrogen-bond donors (Lipinski definition) is 0. The maximum absolute atomic E-state index is 12.8. The van der Waals surface area contributed by atoms with Gasteiger partial charge in [-0.2, -0.15) is 0 Å². The van der Waals surface area contributed by atoms with Crippen LogP contribution in [0.1, 0.15) is 34.1 Å². The van der Waals surface area contributed by atoms with Crippen LogP contribution in [-0.2, 0) is 19.1 Å². The predicted octanol–water partition coefficient (Wildman–Crippen LogP) is 1.52. The predicted molar refractivity (Wildman–Crippen MR) is 76.4 cm³/mol. The Morgan fingerprint density at radius 3 is 2.86 bits per heavy atom. The van der Waals surface area contributed by atoms with Gasteiger partial charge in [0.25, 0.3) is 0 Å². The maximum Gasteiger partial charge on any atom is 0.313 e. The normalized spacial score (nSPS) is 38.2. The Morgan fingerprint density at radius 1 is 1.52 bits per heavy atom. The summed E-state index contributed by atoms with van der Waals surface area (Å²) in [4.78, 5) is 27.0. The van der Waals surface area contributed by atoms with Crippen molar-refractivity contribution >= 4 is 11.9 Å². The molecule has 0 aromatic carbocycles. The number of likely N-dealkylation sites (tertiary alicyclic amines) is 1. The first-order valence-electron chi connectivity index (χ1n) is 7.77. The van der Waals surface area contributed by atoms with Gasteiger partial charge in [-0.1, -0.05) is 19.1 Å². The molecule has 2 unspecified atom stereocenters. The van der Waals surface area contributed by atoms with Gasteiger partial charge in [0.15, 0.2) is 0 Å². The van der Waals surface area contributed by atoms with Gasteiger partial charge in [-0.25, -0.2) is 0 Å². The van der Waals surface area contributed by atoms with Crippen LogP contribution in [0.5, 0.6) is 0 Å². The zero-order valence-electron chi connectivity index (χ0n) is 13.0. The molecule has 1 spiro atoms. The number of ether oxygens (including phenoxy) is 2. The zero-order valence-corrected chi connectivity index (χ0v) is 13.0. The first-order valence-corrected chi connectivity index (χ1v) is 7.77. The number of carbonyl (C=O) groups is 2. The maximum atomic E-state index is 12.8. The molecule has 2 saturated heterocycles. The van der Waals surface area contributed by atoms with Crippen LogP contribution in [0.15, 0.2) is 12.2 Å². The van der Waals surface area contributed by atoms with Gasteiger partial charge in [-0.05, 0) is 27.2 Å². The molecule has 0 radical (unpaired) electrons. The van der Waals surface area contributed by atoms with E-state index in [-0.39, 0.29) is 30.1 Å². The molecule has 0 aliphatic carbocycles. The number of carbonyl (C=O) groups excluding carboxylic acids is 2. The molecule has 0 saturated carbocycles. The lowest BCUT2D eigenvalue weighted by molar-refractivity contribution is -0.157. The SMILES string of the molecule is CCC(C)N1C[C@@]23C=C[C@@H](O2)C(C(=O)OC(C)C)[C@H]3C1=O. The minimum atomic E-state index is -0.619. The number of amides is 1. The average Bonchev–Trinajstić information content (AvgIpc) is 3.05. The summed E-state index contributed by atoms with van der Waals surface area (Å²) >= 11 is 0. The lowest BCUT2D eigenvalue weighted by Crippen LogP contribution is -2.41. The molecule has 5 heteroatoms. The molecule has 2 fully saturated rings. The summed E-state index contributed by atoms with van der Waals surface area (Å²) in [5, 5.41) is 0. The van der Waals surface area contributed by atoms with Crippen molar-refractivity contribution in [3.05, 3.63) is 12.2 Å². The van der Waals surface area contributed by atoms with Crippen molar-refractivity contribution < 1.29 is 19.1 Å². The number of nitrogens with zero attached hydrogens (tertiary/aromatic N) is 1. The van der Waals surface area contributed by atoms with Crippen LogP contribution in [0.25, 0.3) is 0 Å². The van der Waals surface area contributed by atoms with Gasteiger partial charge in [0.1, 0.15) is 11.5 Å². The fraction of sp³-hybridized carbons (Fsp3) is 0.750. The van der Waals surface area contributed by atoms with Gasteiger partial charge in [-0.3, -0.25) is 9.59 Å². The molecule has 21 heavy (non-hydrogen) atoms. The van der Waals surface area contributed by atoms with E-state index in [9.17, 15) is 9.59 Å². The quantitative estimate of drug-likeness (QED) is 0.582. The Hall–Kier alpha value is -1.36. The lowest BCUT2D eigenvalue weighted by Gasteiger charge is -2.26. The summed E-state index contributed by atoms with van der Waals surface area (Å²) in [6, 6.07) is 0.162. The summed E-state index contributed by atoms with van der Waals surface area (Å²) in [6.07, 6.45) is 4.28. The molecule has 0 N–H and O–H groups in total. The Balaban J connectivity index is 1.88. The summed E-state index contributed by atoms with van der Waals surface area (Å²) in [6.45, 7) is 8.28. The average molecular weight is 293 g/mol. The molecule has 3 heterocycles. The number of rotatable bonds is 4.